The smallest absolute Gasteiger partial charge is 0.243 e. The molecule has 1 aromatic carbocycles. The highest BCUT2D eigenvalue weighted by molar-refractivity contribution is 7.89. The second-order valence-corrected chi connectivity index (χ2v) is 7.14. The standard InChI is InChI=1S/C12H16N4O3S2/c1-2-19-9-6-7(13)11(9)16-21(17,18)10-5-3-4-8-12(10)15-20-14-8/h3-5,7,9,11,16H,2,6,13H2,1H3. The first-order valence-electron chi connectivity index (χ1n) is 6.63. The van der Waals surface area contributed by atoms with Crippen LogP contribution in [0.4, 0.5) is 0 Å². The van der Waals surface area contributed by atoms with Gasteiger partial charge in [-0.2, -0.15) is 8.75 Å². The quantitative estimate of drug-likeness (QED) is 0.826. The molecule has 0 aliphatic heterocycles. The van der Waals surface area contributed by atoms with Gasteiger partial charge < -0.3 is 10.5 Å². The Labute approximate surface area is 126 Å². The van der Waals surface area contributed by atoms with Crippen molar-refractivity contribution in [1.29, 1.82) is 0 Å². The van der Waals surface area contributed by atoms with E-state index < -0.39 is 16.1 Å². The Kier molecular flexibility index (Phi) is 3.93. The number of nitrogens with two attached hydrogens (primary N) is 1. The fourth-order valence-electron chi connectivity index (χ4n) is 2.43. The molecule has 21 heavy (non-hydrogen) atoms. The third kappa shape index (κ3) is 2.67. The summed E-state index contributed by atoms with van der Waals surface area (Å²) in [6.45, 7) is 2.40. The maximum Gasteiger partial charge on any atom is 0.243 e. The van der Waals surface area contributed by atoms with Crippen LogP contribution in [0.15, 0.2) is 23.1 Å². The average molecular weight is 328 g/mol. The van der Waals surface area contributed by atoms with Crippen molar-refractivity contribution in [3.63, 3.8) is 0 Å². The molecule has 0 bridgehead atoms. The first kappa shape index (κ1) is 14.8. The van der Waals surface area contributed by atoms with Crippen LogP contribution < -0.4 is 10.5 Å². The van der Waals surface area contributed by atoms with Crippen molar-refractivity contribution < 1.29 is 13.2 Å². The van der Waals surface area contributed by atoms with E-state index >= 15 is 0 Å². The van der Waals surface area contributed by atoms with Crippen LogP contribution in [0.2, 0.25) is 0 Å². The molecule has 3 atom stereocenters. The molecule has 1 aliphatic carbocycles. The van der Waals surface area contributed by atoms with Gasteiger partial charge in [0.2, 0.25) is 10.0 Å². The van der Waals surface area contributed by atoms with E-state index in [1.54, 1.807) is 12.1 Å². The average Bonchev–Trinajstić information content (AvgIpc) is 2.93. The molecule has 3 N–H and O–H groups in total. The van der Waals surface area contributed by atoms with Crippen molar-refractivity contribution in [2.24, 2.45) is 5.73 Å². The van der Waals surface area contributed by atoms with Crippen LogP contribution in [0.1, 0.15) is 13.3 Å². The molecule has 2 aromatic rings. The fraction of sp³-hybridized carbons (Fsp3) is 0.500. The van der Waals surface area contributed by atoms with Crippen molar-refractivity contribution in [2.45, 2.75) is 36.4 Å². The number of hydrogen-bond donors (Lipinski definition) is 2. The summed E-state index contributed by atoms with van der Waals surface area (Å²) in [6.07, 6.45) is 0.483. The lowest BCUT2D eigenvalue weighted by Crippen LogP contribution is -2.64. The van der Waals surface area contributed by atoms with Gasteiger partial charge in [0.15, 0.2) is 0 Å². The second-order valence-electron chi connectivity index (χ2n) is 4.93. The monoisotopic (exact) mass is 328 g/mol. The largest absolute Gasteiger partial charge is 0.377 e. The molecule has 1 aliphatic rings. The summed E-state index contributed by atoms with van der Waals surface area (Å²) in [5.74, 6) is 0. The molecule has 3 unspecified atom stereocenters. The van der Waals surface area contributed by atoms with Crippen LogP contribution in [0.25, 0.3) is 11.0 Å². The van der Waals surface area contributed by atoms with Gasteiger partial charge in [0.25, 0.3) is 0 Å². The lowest BCUT2D eigenvalue weighted by molar-refractivity contribution is -0.0248. The molecule has 0 saturated heterocycles. The van der Waals surface area contributed by atoms with Gasteiger partial charge in [-0.15, -0.1) is 0 Å². The van der Waals surface area contributed by atoms with E-state index in [-0.39, 0.29) is 17.0 Å². The number of fused-ring (bicyclic) bond motifs is 1. The summed E-state index contributed by atoms with van der Waals surface area (Å²) in [5.41, 5.74) is 6.84. The van der Waals surface area contributed by atoms with Gasteiger partial charge in [0.1, 0.15) is 15.9 Å². The first-order valence-corrected chi connectivity index (χ1v) is 8.85. The van der Waals surface area contributed by atoms with Gasteiger partial charge in [-0.1, -0.05) is 6.07 Å². The number of hydrogen-bond acceptors (Lipinski definition) is 7. The van der Waals surface area contributed by atoms with Crippen LogP contribution in [0, 0.1) is 0 Å². The minimum Gasteiger partial charge on any atom is -0.377 e. The summed E-state index contributed by atoms with van der Waals surface area (Å²) in [5, 5.41) is 0. The third-order valence-electron chi connectivity index (χ3n) is 3.58. The molecule has 114 valence electrons. The van der Waals surface area contributed by atoms with Crippen LogP contribution in [-0.4, -0.2) is 42.0 Å². The normalized spacial score (nSPS) is 25.9. The molecule has 1 saturated carbocycles. The molecule has 1 fully saturated rings. The third-order valence-corrected chi connectivity index (χ3v) is 5.61. The van der Waals surface area contributed by atoms with E-state index in [1.807, 2.05) is 6.92 Å². The lowest BCUT2D eigenvalue weighted by Gasteiger charge is -2.42. The predicted octanol–water partition coefficient (Wildman–Crippen LogP) is 0.474. The van der Waals surface area contributed by atoms with Crippen molar-refractivity contribution in [3.05, 3.63) is 18.2 Å². The van der Waals surface area contributed by atoms with Gasteiger partial charge >= 0.3 is 0 Å². The van der Waals surface area contributed by atoms with Gasteiger partial charge in [-0.05, 0) is 25.5 Å². The molecule has 1 aromatic heterocycles. The maximum atomic E-state index is 12.6. The highest BCUT2D eigenvalue weighted by Crippen LogP contribution is 2.26. The Morgan fingerprint density at radius 2 is 2.29 bits per heavy atom. The van der Waals surface area contributed by atoms with Crippen LogP contribution in [0.3, 0.4) is 0 Å². The number of ether oxygens (including phenoxy) is 1. The molecule has 1 heterocycles. The Balaban J connectivity index is 1.89. The number of benzene rings is 1. The molecular weight excluding hydrogens is 312 g/mol. The summed E-state index contributed by atoms with van der Waals surface area (Å²) in [4.78, 5) is 0.128. The Morgan fingerprint density at radius 1 is 1.48 bits per heavy atom. The van der Waals surface area contributed by atoms with E-state index in [0.717, 1.165) is 11.7 Å². The number of sulfonamides is 1. The van der Waals surface area contributed by atoms with Crippen molar-refractivity contribution >= 4 is 32.8 Å². The lowest BCUT2D eigenvalue weighted by atomic mass is 9.84. The maximum absolute atomic E-state index is 12.6. The van der Waals surface area contributed by atoms with Crippen LogP contribution in [-0.2, 0) is 14.8 Å². The summed E-state index contributed by atoms with van der Waals surface area (Å²) < 4.78 is 41.3. The minimum atomic E-state index is -3.71. The zero-order valence-corrected chi connectivity index (χ0v) is 13.0. The van der Waals surface area contributed by atoms with E-state index in [9.17, 15) is 8.42 Å². The van der Waals surface area contributed by atoms with E-state index in [2.05, 4.69) is 13.5 Å². The Morgan fingerprint density at radius 3 is 3.00 bits per heavy atom. The summed E-state index contributed by atoms with van der Waals surface area (Å²) >= 11 is 0.989. The van der Waals surface area contributed by atoms with Crippen molar-refractivity contribution in [2.75, 3.05) is 6.61 Å². The number of nitrogens with zero attached hydrogens (tertiary/aromatic N) is 2. The minimum absolute atomic E-state index is 0.128. The fourth-order valence-corrected chi connectivity index (χ4v) is 4.51. The molecule has 0 spiro atoms. The number of nitrogens with one attached hydrogen (secondary N) is 1. The topological polar surface area (TPSA) is 107 Å². The SMILES string of the molecule is CCOC1CC(N)C1NS(=O)(=O)c1cccc2nsnc12. The van der Waals surface area contributed by atoms with Gasteiger partial charge in [-0.3, -0.25) is 0 Å². The van der Waals surface area contributed by atoms with E-state index in [1.165, 1.54) is 6.07 Å². The van der Waals surface area contributed by atoms with Crippen LogP contribution >= 0.6 is 11.7 Å². The van der Waals surface area contributed by atoms with Gasteiger partial charge in [-0.25, -0.2) is 13.1 Å². The Bertz CT molecular complexity index is 744. The highest BCUT2D eigenvalue weighted by Gasteiger charge is 2.42. The molecule has 7 nitrogen and oxygen atoms in total. The number of rotatable bonds is 5. The summed E-state index contributed by atoms with van der Waals surface area (Å²) in [6, 6.07) is 4.27. The molecule has 3 rings (SSSR count). The zero-order chi connectivity index (χ0) is 15.0. The van der Waals surface area contributed by atoms with Crippen LogP contribution in [0.5, 0.6) is 0 Å². The zero-order valence-electron chi connectivity index (χ0n) is 11.4. The second kappa shape index (κ2) is 5.58. The Hall–Kier alpha value is -1.13. The van der Waals surface area contributed by atoms with E-state index in [0.29, 0.717) is 24.1 Å². The number of aromatic nitrogens is 2. The highest BCUT2D eigenvalue weighted by atomic mass is 32.2. The summed E-state index contributed by atoms with van der Waals surface area (Å²) in [7, 11) is -3.71. The van der Waals surface area contributed by atoms with Gasteiger partial charge in [0, 0.05) is 12.6 Å². The molecule has 9 heteroatoms. The van der Waals surface area contributed by atoms with Crippen molar-refractivity contribution in [3.8, 4) is 0 Å². The first-order chi connectivity index (χ1) is 10.0. The predicted molar refractivity (Wildman–Crippen MR) is 79.5 cm³/mol. The van der Waals surface area contributed by atoms with Gasteiger partial charge in [0.05, 0.1) is 23.9 Å². The molecule has 0 amide bonds. The molecular formula is C12H16N4O3S2. The van der Waals surface area contributed by atoms with E-state index in [4.69, 9.17) is 10.5 Å². The molecule has 0 radical (unpaired) electrons. The van der Waals surface area contributed by atoms with Crippen molar-refractivity contribution in [1.82, 2.24) is 13.5 Å².